The van der Waals surface area contributed by atoms with Crippen molar-refractivity contribution in [3.63, 3.8) is 0 Å². The van der Waals surface area contributed by atoms with Crippen LogP contribution in [0.2, 0.25) is 0 Å². The van der Waals surface area contributed by atoms with Crippen LogP contribution >= 0.6 is 23.4 Å². The van der Waals surface area contributed by atoms with E-state index in [0.717, 1.165) is 9.80 Å². The van der Waals surface area contributed by atoms with Crippen LogP contribution in [0.5, 0.6) is 0 Å². The molecular formula is C12H14ClF2NOS. The summed E-state index contributed by atoms with van der Waals surface area (Å²) in [5, 5.41) is 0. The summed E-state index contributed by atoms with van der Waals surface area (Å²) in [4.78, 5) is 13.8. The van der Waals surface area contributed by atoms with Crippen molar-refractivity contribution in [3.8, 4) is 0 Å². The van der Waals surface area contributed by atoms with E-state index >= 15 is 0 Å². The van der Waals surface area contributed by atoms with Crippen molar-refractivity contribution >= 4 is 29.3 Å². The molecule has 6 heteroatoms. The van der Waals surface area contributed by atoms with Crippen molar-refractivity contribution in [2.75, 3.05) is 24.7 Å². The number of alkyl halides is 3. The van der Waals surface area contributed by atoms with E-state index in [9.17, 15) is 13.6 Å². The van der Waals surface area contributed by atoms with Crippen molar-refractivity contribution < 1.29 is 13.6 Å². The van der Waals surface area contributed by atoms with Gasteiger partial charge in [0, 0.05) is 17.3 Å². The third-order valence-corrected chi connectivity index (χ3v) is 3.34. The van der Waals surface area contributed by atoms with E-state index in [4.69, 9.17) is 11.6 Å². The zero-order valence-electron chi connectivity index (χ0n) is 9.69. The van der Waals surface area contributed by atoms with E-state index in [0.29, 0.717) is 0 Å². The molecule has 2 nitrogen and oxygen atoms in total. The molecule has 0 aromatic heterocycles. The molecule has 1 aromatic carbocycles. The standard InChI is InChI=1S/C12H14ClF2NOS/c13-6-7-16(8-11(14)15)12(17)9-18-10-4-2-1-3-5-10/h1-5,11H,6-9H2. The van der Waals surface area contributed by atoms with Gasteiger partial charge in [0.25, 0.3) is 6.43 Å². The normalized spacial score (nSPS) is 10.7. The number of hydrogen-bond donors (Lipinski definition) is 0. The molecule has 0 unspecified atom stereocenters. The van der Waals surface area contributed by atoms with E-state index in [1.54, 1.807) is 0 Å². The van der Waals surface area contributed by atoms with Crippen LogP contribution in [-0.4, -0.2) is 42.0 Å². The Morgan fingerprint density at radius 1 is 1.33 bits per heavy atom. The Morgan fingerprint density at radius 2 is 2.00 bits per heavy atom. The minimum Gasteiger partial charge on any atom is -0.335 e. The average Bonchev–Trinajstić information content (AvgIpc) is 2.36. The van der Waals surface area contributed by atoms with Crippen molar-refractivity contribution in [2.24, 2.45) is 0 Å². The highest BCUT2D eigenvalue weighted by Gasteiger charge is 2.17. The molecule has 0 saturated heterocycles. The van der Waals surface area contributed by atoms with E-state index in [1.165, 1.54) is 11.8 Å². The third-order valence-electron chi connectivity index (χ3n) is 2.17. The Kier molecular flexibility index (Phi) is 7.05. The lowest BCUT2D eigenvalue weighted by Crippen LogP contribution is -2.37. The Bertz CT molecular complexity index is 364. The lowest BCUT2D eigenvalue weighted by Gasteiger charge is -2.20. The molecule has 0 spiro atoms. The maximum Gasteiger partial charge on any atom is 0.255 e. The van der Waals surface area contributed by atoms with Crippen LogP contribution in [0.1, 0.15) is 0 Å². The number of nitrogens with zero attached hydrogens (tertiary/aromatic N) is 1. The number of carbonyl (C=O) groups is 1. The zero-order chi connectivity index (χ0) is 13.4. The van der Waals surface area contributed by atoms with Crippen LogP contribution in [0.25, 0.3) is 0 Å². The molecule has 0 aliphatic rings. The SMILES string of the molecule is O=C(CSc1ccccc1)N(CCCl)CC(F)F. The first kappa shape index (κ1) is 15.2. The Hall–Kier alpha value is -0.810. The highest BCUT2D eigenvalue weighted by atomic mass is 35.5. The second kappa shape index (κ2) is 8.32. The minimum absolute atomic E-state index is 0.146. The van der Waals surface area contributed by atoms with Crippen LogP contribution in [0.4, 0.5) is 8.78 Å². The van der Waals surface area contributed by atoms with Gasteiger partial charge in [-0.3, -0.25) is 4.79 Å². The maximum atomic E-state index is 12.3. The number of hydrogen-bond acceptors (Lipinski definition) is 2. The minimum atomic E-state index is -2.53. The first-order valence-electron chi connectivity index (χ1n) is 5.43. The van der Waals surface area contributed by atoms with Gasteiger partial charge < -0.3 is 4.90 Å². The number of rotatable bonds is 7. The molecule has 0 bridgehead atoms. The highest BCUT2D eigenvalue weighted by Crippen LogP contribution is 2.17. The zero-order valence-corrected chi connectivity index (χ0v) is 11.3. The summed E-state index contributed by atoms with van der Waals surface area (Å²) in [5.41, 5.74) is 0. The summed E-state index contributed by atoms with van der Waals surface area (Å²) in [6, 6.07) is 9.35. The van der Waals surface area contributed by atoms with Crippen LogP contribution in [0.3, 0.4) is 0 Å². The first-order valence-corrected chi connectivity index (χ1v) is 6.95. The van der Waals surface area contributed by atoms with Gasteiger partial charge in [-0.25, -0.2) is 8.78 Å². The van der Waals surface area contributed by atoms with Gasteiger partial charge in [0.1, 0.15) is 0 Å². The molecule has 0 radical (unpaired) electrons. The molecule has 18 heavy (non-hydrogen) atoms. The fraction of sp³-hybridized carbons (Fsp3) is 0.417. The number of thioether (sulfide) groups is 1. The molecule has 0 saturated carbocycles. The fourth-order valence-electron chi connectivity index (χ4n) is 1.34. The monoisotopic (exact) mass is 293 g/mol. The Morgan fingerprint density at radius 3 is 2.56 bits per heavy atom. The van der Waals surface area contributed by atoms with Gasteiger partial charge in [0.2, 0.25) is 5.91 Å². The van der Waals surface area contributed by atoms with Gasteiger partial charge in [-0.05, 0) is 12.1 Å². The molecule has 0 fully saturated rings. The smallest absolute Gasteiger partial charge is 0.255 e. The molecular weight excluding hydrogens is 280 g/mol. The first-order chi connectivity index (χ1) is 8.63. The molecule has 100 valence electrons. The predicted molar refractivity (Wildman–Crippen MR) is 70.5 cm³/mol. The van der Waals surface area contributed by atoms with Gasteiger partial charge in [-0.1, -0.05) is 18.2 Å². The predicted octanol–water partition coefficient (Wildman–Crippen LogP) is 3.11. The summed E-state index contributed by atoms with van der Waals surface area (Å²) in [5.74, 6) is -0.00737. The van der Waals surface area contributed by atoms with E-state index < -0.39 is 13.0 Å². The van der Waals surface area contributed by atoms with E-state index in [1.807, 2.05) is 30.3 Å². The summed E-state index contributed by atoms with van der Waals surface area (Å²) >= 11 is 6.83. The van der Waals surface area contributed by atoms with Gasteiger partial charge in [0.15, 0.2) is 0 Å². The largest absolute Gasteiger partial charge is 0.335 e. The topological polar surface area (TPSA) is 20.3 Å². The molecule has 0 heterocycles. The lowest BCUT2D eigenvalue weighted by molar-refractivity contribution is -0.130. The van der Waals surface area contributed by atoms with Crippen molar-refractivity contribution in [3.05, 3.63) is 30.3 Å². The van der Waals surface area contributed by atoms with Crippen LogP contribution in [-0.2, 0) is 4.79 Å². The van der Waals surface area contributed by atoms with Crippen molar-refractivity contribution in [2.45, 2.75) is 11.3 Å². The maximum absolute atomic E-state index is 12.3. The van der Waals surface area contributed by atoms with Crippen molar-refractivity contribution in [1.29, 1.82) is 0 Å². The fourth-order valence-corrected chi connectivity index (χ4v) is 2.37. The number of amides is 1. The molecule has 1 rings (SSSR count). The number of halogens is 3. The summed E-state index contributed by atoms with van der Waals surface area (Å²) in [7, 11) is 0. The van der Waals surface area contributed by atoms with Crippen LogP contribution < -0.4 is 0 Å². The molecule has 0 aliphatic heterocycles. The molecule has 1 amide bonds. The summed E-state index contributed by atoms with van der Waals surface area (Å²) in [6.07, 6.45) is -2.53. The number of benzene rings is 1. The second-order valence-electron chi connectivity index (χ2n) is 3.52. The molecule has 1 aromatic rings. The molecule has 0 atom stereocenters. The second-order valence-corrected chi connectivity index (χ2v) is 4.95. The lowest BCUT2D eigenvalue weighted by atomic mass is 10.4. The quantitative estimate of drug-likeness (QED) is 0.569. The van der Waals surface area contributed by atoms with E-state index in [-0.39, 0.29) is 24.1 Å². The average molecular weight is 294 g/mol. The van der Waals surface area contributed by atoms with Gasteiger partial charge in [-0.15, -0.1) is 23.4 Å². The van der Waals surface area contributed by atoms with Crippen LogP contribution in [0.15, 0.2) is 35.2 Å². The number of carbonyl (C=O) groups excluding carboxylic acids is 1. The summed E-state index contributed by atoms with van der Waals surface area (Å²) < 4.78 is 24.6. The van der Waals surface area contributed by atoms with Gasteiger partial charge in [0.05, 0.1) is 12.3 Å². The highest BCUT2D eigenvalue weighted by molar-refractivity contribution is 8.00. The Balaban J connectivity index is 2.46. The van der Waals surface area contributed by atoms with Gasteiger partial charge >= 0.3 is 0 Å². The van der Waals surface area contributed by atoms with Crippen LogP contribution in [0, 0.1) is 0 Å². The molecule has 0 N–H and O–H groups in total. The summed E-state index contributed by atoms with van der Waals surface area (Å²) in [6.45, 7) is -0.402. The van der Waals surface area contributed by atoms with Crippen molar-refractivity contribution in [1.82, 2.24) is 4.90 Å². The molecule has 0 aliphatic carbocycles. The van der Waals surface area contributed by atoms with E-state index in [2.05, 4.69) is 0 Å². The third kappa shape index (κ3) is 5.69. The Labute approximate surface area is 114 Å². The van der Waals surface area contributed by atoms with Gasteiger partial charge in [-0.2, -0.15) is 0 Å².